The number of anilines is 1. The van der Waals surface area contributed by atoms with Gasteiger partial charge in [-0.25, -0.2) is 4.79 Å². The normalized spacial score (nSPS) is 14.9. The topological polar surface area (TPSA) is 74.6 Å². The summed E-state index contributed by atoms with van der Waals surface area (Å²) < 4.78 is 5.87. The predicted molar refractivity (Wildman–Crippen MR) is 88.9 cm³/mol. The van der Waals surface area contributed by atoms with Crippen LogP contribution in [0.15, 0.2) is 16.5 Å². The number of amides is 3. The Labute approximate surface area is 138 Å². The summed E-state index contributed by atoms with van der Waals surface area (Å²) in [5.74, 6) is 0.708. The zero-order valence-electron chi connectivity index (χ0n) is 13.0. The van der Waals surface area contributed by atoms with Crippen molar-refractivity contribution in [2.24, 2.45) is 0 Å². The fraction of sp³-hybridized carbons (Fsp3) is 0.375. The first-order chi connectivity index (χ1) is 11.0. The van der Waals surface area contributed by atoms with Gasteiger partial charge in [0.05, 0.1) is 5.69 Å². The number of rotatable bonds is 2. The molecule has 2 heterocycles. The van der Waals surface area contributed by atoms with E-state index in [9.17, 15) is 9.59 Å². The van der Waals surface area contributed by atoms with Gasteiger partial charge in [-0.15, -0.1) is 0 Å². The van der Waals surface area contributed by atoms with Crippen LogP contribution in [0.4, 0.5) is 10.5 Å². The van der Waals surface area contributed by atoms with Gasteiger partial charge < -0.3 is 20.0 Å². The zero-order chi connectivity index (χ0) is 16.6. The van der Waals surface area contributed by atoms with E-state index in [0.29, 0.717) is 29.4 Å². The third kappa shape index (κ3) is 2.99. The Kier molecular flexibility index (Phi) is 4.17. The Bertz CT molecular complexity index is 784. The van der Waals surface area contributed by atoms with E-state index in [4.69, 9.17) is 16.0 Å². The molecule has 1 aliphatic heterocycles. The fourth-order valence-electron chi connectivity index (χ4n) is 2.77. The molecule has 1 aromatic carbocycles. The Hall–Kier alpha value is -2.21. The number of hydrogen-bond acceptors (Lipinski definition) is 3. The number of nitrogens with zero attached hydrogens (tertiary/aromatic N) is 1. The molecule has 1 aromatic heterocycles. The summed E-state index contributed by atoms with van der Waals surface area (Å²) >= 11 is 6.17. The van der Waals surface area contributed by atoms with Gasteiger partial charge in [-0.05, 0) is 24.6 Å². The number of nitrogens with one attached hydrogen (secondary N) is 2. The maximum Gasteiger partial charge on any atom is 0.322 e. The molecule has 6 nitrogen and oxygen atoms in total. The minimum Gasteiger partial charge on any atom is -0.459 e. The number of halogens is 1. The van der Waals surface area contributed by atoms with Crippen molar-refractivity contribution in [1.29, 1.82) is 0 Å². The second kappa shape index (κ2) is 6.12. The lowest BCUT2D eigenvalue weighted by Gasteiger charge is -2.26. The van der Waals surface area contributed by atoms with E-state index in [2.05, 4.69) is 10.6 Å². The molecule has 3 rings (SSSR count). The number of carbonyl (C=O) groups excluding carboxylic acids is 2. The van der Waals surface area contributed by atoms with Gasteiger partial charge in [0.1, 0.15) is 12.3 Å². The maximum absolute atomic E-state index is 12.4. The third-order valence-electron chi connectivity index (χ3n) is 3.99. The molecule has 1 aliphatic rings. The average molecular weight is 336 g/mol. The summed E-state index contributed by atoms with van der Waals surface area (Å²) in [6.45, 7) is 4.96. The molecule has 0 aliphatic carbocycles. The molecule has 1 fully saturated rings. The highest BCUT2D eigenvalue weighted by Crippen LogP contribution is 2.34. The van der Waals surface area contributed by atoms with Crippen LogP contribution in [-0.4, -0.2) is 36.5 Å². The Balaban J connectivity index is 1.93. The number of aryl methyl sites for hydroxylation is 2. The summed E-state index contributed by atoms with van der Waals surface area (Å²) in [6.07, 6.45) is 0.762. The molecule has 0 spiro atoms. The van der Waals surface area contributed by atoms with Crippen molar-refractivity contribution in [3.8, 4) is 0 Å². The fourth-order valence-corrected chi connectivity index (χ4v) is 2.99. The molecule has 3 amide bonds. The van der Waals surface area contributed by atoms with Crippen LogP contribution in [0.1, 0.15) is 18.2 Å². The largest absolute Gasteiger partial charge is 0.459 e. The molecule has 2 N–H and O–H groups in total. The van der Waals surface area contributed by atoms with E-state index < -0.39 is 0 Å². The Morgan fingerprint density at radius 3 is 2.96 bits per heavy atom. The first-order valence-corrected chi connectivity index (χ1v) is 7.91. The van der Waals surface area contributed by atoms with Crippen LogP contribution >= 0.6 is 11.6 Å². The van der Waals surface area contributed by atoms with Crippen LogP contribution in [-0.2, 0) is 11.2 Å². The molecule has 0 saturated carbocycles. The molecule has 2 aromatic rings. The first-order valence-electron chi connectivity index (χ1n) is 7.53. The summed E-state index contributed by atoms with van der Waals surface area (Å²) in [4.78, 5) is 25.3. The van der Waals surface area contributed by atoms with E-state index in [1.54, 1.807) is 6.07 Å². The van der Waals surface area contributed by atoms with Crippen molar-refractivity contribution in [3.05, 3.63) is 28.5 Å². The predicted octanol–water partition coefficient (Wildman–Crippen LogP) is 2.92. The number of furan rings is 1. The van der Waals surface area contributed by atoms with Crippen molar-refractivity contribution >= 4 is 40.2 Å². The monoisotopic (exact) mass is 335 g/mol. The van der Waals surface area contributed by atoms with Gasteiger partial charge in [0, 0.05) is 29.9 Å². The maximum atomic E-state index is 12.4. The molecular weight excluding hydrogens is 318 g/mol. The summed E-state index contributed by atoms with van der Waals surface area (Å²) in [7, 11) is 0. The van der Waals surface area contributed by atoms with Crippen LogP contribution < -0.4 is 10.6 Å². The van der Waals surface area contributed by atoms with Crippen LogP contribution in [0.25, 0.3) is 11.0 Å². The smallest absolute Gasteiger partial charge is 0.322 e. The Morgan fingerprint density at radius 2 is 2.26 bits per heavy atom. The van der Waals surface area contributed by atoms with E-state index in [0.717, 1.165) is 23.1 Å². The van der Waals surface area contributed by atoms with Crippen molar-refractivity contribution in [1.82, 2.24) is 10.2 Å². The highest BCUT2D eigenvalue weighted by atomic mass is 35.5. The lowest BCUT2D eigenvalue weighted by molar-refractivity contribution is -0.123. The van der Waals surface area contributed by atoms with Crippen molar-refractivity contribution < 1.29 is 14.0 Å². The van der Waals surface area contributed by atoms with E-state index in [1.165, 1.54) is 4.90 Å². The molecule has 23 heavy (non-hydrogen) atoms. The number of carbonyl (C=O) groups is 2. The third-order valence-corrected chi connectivity index (χ3v) is 4.21. The van der Waals surface area contributed by atoms with Crippen LogP contribution in [0.3, 0.4) is 0 Å². The minimum absolute atomic E-state index is 0.0485. The second-order valence-electron chi connectivity index (χ2n) is 5.54. The SMILES string of the molecule is CCc1oc2c(NC(=O)N3CCNC(=O)C3)cc(Cl)cc2c1C. The number of hydrogen-bond donors (Lipinski definition) is 2. The molecule has 7 heteroatoms. The van der Waals surface area contributed by atoms with Crippen molar-refractivity contribution in [2.45, 2.75) is 20.3 Å². The van der Waals surface area contributed by atoms with E-state index in [1.807, 2.05) is 19.9 Å². The van der Waals surface area contributed by atoms with Crippen molar-refractivity contribution in [2.75, 3.05) is 25.0 Å². The van der Waals surface area contributed by atoms with E-state index >= 15 is 0 Å². The summed E-state index contributed by atoms with van der Waals surface area (Å²) in [6, 6.07) is 3.16. The molecule has 1 saturated heterocycles. The van der Waals surface area contributed by atoms with Crippen LogP contribution in [0.2, 0.25) is 5.02 Å². The molecule has 0 atom stereocenters. The molecule has 122 valence electrons. The van der Waals surface area contributed by atoms with Gasteiger partial charge in [-0.2, -0.15) is 0 Å². The van der Waals surface area contributed by atoms with Gasteiger partial charge >= 0.3 is 6.03 Å². The Morgan fingerprint density at radius 1 is 1.48 bits per heavy atom. The number of urea groups is 1. The average Bonchev–Trinajstić information content (AvgIpc) is 2.84. The zero-order valence-corrected chi connectivity index (χ0v) is 13.8. The van der Waals surface area contributed by atoms with Gasteiger partial charge in [0.2, 0.25) is 5.91 Å². The highest BCUT2D eigenvalue weighted by molar-refractivity contribution is 6.32. The second-order valence-corrected chi connectivity index (χ2v) is 5.97. The lowest BCUT2D eigenvalue weighted by Crippen LogP contribution is -2.51. The van der Waals surface area contributed by atoms with Gasteiger partial charge in [-0.1, -0.05) is 18.5 Å². The summed E-state index contributed by atoms with van der Waals surface area (Å²) in [5, 5.41) is 6.91. The quantitative estimate of drug-likeness (QED) is 0.886. The molecular formula is C16H18ClN3O3. The van der Waals surface area contributed by atoms with Gasteiger partial charge in [-0.3, -0.25) is 4.79 Å². The lowest BCUT2D eigenvalue weighted by atomic mass is 10.1. The van der Waals surface area contributed by atoms with Crippen LogP contribution in [0.5, 0.6) is 0 Å². The molecule has 0 unspecified atom stereocenters. The molecule has 0 bridgehead atoms. The van der Waals surface area contributed by atoms with Gasteiger partial charge in [0.15, 0.2) is 5.58 Å². The first kappa shape index (κ1) is 15.7. The number of fused-ring (bicyclic) bond motifs is 1. The van der Waals surface area contributed by atoms with Crippen LogP contribution in [0, 0.1) is 6.92 Å². The number of benzene rings is 1. The molecule has 0 radical (unpaired) electrons. The number of piperazine rings is 1. The van der Waals surface area contributed by atoms with Gasteiger partial charge in [0.25, 0.3) is 0 Å². The van der Waals surface area contributed by atoms with Crippen molar-refractivity contribution in [3.63, 3.8) is 0 Å². The van der Waals surface area contributed by atoms with E-state index in [-0.39, 0.29) is 18.5 Å². The standard InChI is InChI=1S/C16H18ClN3O3/c1-3-13-9(2)11-6-10(17)7-12(15(11)23-13)19-16(22)20-5-4-18-14(21)8-20/h6-7H,3-5,8H2,1-2H3,(H,18,21)(H,19,22). The highest BCUT2D eigenvalue weighted by Gasteiger charge is 2.23. The minimum atomic E-state index is -0.337. The summed E-state index contributed by atoms with van der Waals surface area (Å²) in [5.41, 5.74) is 2.16.